The van der Waals surface area contributed by atoms with Crippen molar-refractivity contribution in [3.05, 3.63) is 27.6 Å². The van der Waals surface area contributed by atoms with E-state index in [9.17, 15) is 18.0 Å². The number of carbonyl (C=O) groups is 1. The van der Waals surface area contributed by atoms with Gasteiger partial charge in [0.15, 0.2) is 5.69 Å². The zero-order chi connectivity index (χ0) is 17.2. The SMILES string of the molecule is COC(=O)Cc1nnc(CCn2nc(C(F)(F)F)c(Br)c2C)o1. The lowest BCUT2D eigenvalue weighted by Crippen LogP contribution is -2.10. The normalized spacial score (nSPS) is 11.7. The van der Waals surface area contributed by atoms with Crippen LogP contribution >= 0.6 is 15.9 Å². The molecule has 0 amide bonds. The number of carbonyl (C=O) groups excluding carboxylic acids is 1. The van der Waals surface area contributed by atoms with Gasteiger partial charge in [0.25, 0.3) is 0 Å². The van der Waals surface area contributed by atoms with Gasteiger partial charge in [0.2, 0.25) is 11.8 Å². The highest BCUT2D eigenvalue weighted by atomic mass is 79.9. The van der Waals surface area contributed by atoms with Crippen LogP contribution in [0.2, 0.25) is 0 Å². The van der Waals surface area contributed by atoms with Crippen LogP contribution in [0.15, 0.2) is 8.89 Å². The van der Waals surface area contributed by atoms with Crippen LogP contribution in [0.3, 0.4) is 0 Å². The number of aromatic nitrogens is 4. The van der Waals surface area contributed by atoms with Crippen LogP contribution in [0.1, 0.15) is 23.2 Å². The molecule has 0 aliphatic heterocycles. The standard InChI is InChI=1S/C12H12BrF3N4O3/c1-6-10(13)11(12(14,15)16)19-20(6)4-3-7-17-18-8(23-7)5-9(21)22-2/h3-5H2,1-2H3. The Morgan fingerprint density at radius 3 is 2.57 bits per heavy atom. The van der Waals surface area contributed by atoms with Crippen molar-refractivity contribution >= 4 is 21.9 Å². The Labute approximate surface area is 136 Å². The van der Waals surface area contributed by atoms with E-state index in [0.717, 1.165) is 0 Å². The monoisotopic (exact) mass is 396 g/mol. The van der Waals surface area contributed by atoms with E-state index >= 15 is 0 Å². The van der Waals surface area contributed by atoms with Crippen molar-refractivity contribution in [1.82, 2.24) is 20.0 Å². The summed E-state index contributed by atoms with van der Waals surface area (Å²) in [5, 5.41) is 10.9. The molecule has 2 rings (SSSR count). The first-order valence-electron chi connectivity index (χ1n) is 6.40. The molecule has 11 heteroatoms. The molecular formula is C12H12BrF3N4O3. The number of hydrogen-bond donors (Lipinski definition) is 0. The third-order valence-electron chi connectivity index (χ3n) is 2.97. The average Bonchev–Trinajstić information content (AvgIpc) is 3.02. The Morgan fingerprint density at radius 1 is 1.35 bits per heavy atom. The van der Waals surface area contributed by atoms with Crippen LogP contribution < -0.4 is 0 Å². The Morgan fingerprint density at radius 2 is 2.00 bits per heavy atom. The summed E-state index contributed by atoms with van der Waals surface area (Å²) in [5.74, 6) is -0.244. The van der Waals surface area contributed by atoms with Gasteiger partial charge in [0.05, 0.1) is 17.3 Å². The Kier molecular flexibility index (Phi) is 5.07. The largest absolute Gasteiger partial charge is 0.469 e. The maximum atomic E-state index is 12.8. The van der Waals surface area contributed by atoms with E-state index in [2.05, 4.69) is 36.0 Å². The fourth-order valence-corrected chi connectivity index (χ4v) is 2.29. The molecule has 2 aromatic heterocycles. The van der Waals surface area contributed by atoms with E-state index in [1.54, 1.807) is 0 Å². The van der Waals surface area contributed by atoms with Crippen LogP contribution in [-0.4, -0.2) is 33.1 Å². The van der Waals surface area contributed by atoms with Crippen molar-refractivity contribution in [2.24, 2.45) is 0 Å². The minimum absolute atomic E-state index is 0.0844. The van der Waals surface area contributed by atoms with Gasteiger partial charge >= 0.3 is 12.1 Å². The minimum Gasteiger partial charge on any atom is -0.469 e. The first-order chi connectivity index (χ1) is 10.7. The number of esters is 1. The van der Waals surface area contributed by atoms with Gasteiger partial charge < -0.3 is 9.15 Å². The van der Waals surface area contributed by atoms with Gasteiger partial charge in [0, 0.05) is 13.0 Å². The summed E-state index contributed by atoms with van der Waals surface area (Å²) in [6, 6.07) is 0. The molecule has 0 aliphatic carbocycles. The van der Waals surface area contributed by atoms with Crippen LogP contribution in [0.4, 0.5) is 13.2 Å². The van der Waals surface area contributed by atoms with Gasteiger partial charge in [-0.2, -0.15) is 18.3 Å². The number of alkyl halides is 3. The molecule has 0 aromatic carbocycles. The van der Waals surface area contributed by atoms with E-state index in [0.29, 0.717) is 5.69 Å². The lowest BCUT2D eigenvalue weighted by Gasteiger charge is -2.02. The quantitative estimate of drug-likeness (QED) is 0.721. The second kappa shape index (κ2) is 6.69. The molecule has 2 heterocycles. The van der Waals surface area contributed by atoms with Gasteiger partial charge in [-0.1, -0.05) is 0 Å². The number of halogens is 4. The molecule has 0 aliphatic rings. The topological polar surface area (TPSA) is 83.0 Å². The van der Waals surface area contributed by atoms with E-state index in [1.807, 2.05) is 0 Å². The molecule has 126 valence electrons. The van der Waals surface area contributed by atoms with Crippen molar-refractivity contribution in [2.75, 3.05) is 7.11 Å². The van der Waals surface area contributed by atoms with Gasteiger partial charge in [-0.15, -0.1) is 10.2 Å². The molecule has 0 saturated carbocycles. The summed E-state index contributed by atoms with van der Waals surface area (Å²) in [6.07, 6.45) is -4.51. The predicted molar refractivity (Wildman–Crippen MR) is 73.4 cm³/mol. The zero-order valence-corrected chi connectivity index (χ0v) is 13.7. The van der Waals surface area contributed by atoms with Crippen LogP contribution in [0.5, 0.6) is 0 Å². The van der Waals surface area contributed by atoms with E-state index in [4.69, 9.17) is 4.42 Å². The van der Waals surface area contributed by atoms with Crippen molar-refractivity contribution < 1.29 is 27.1 Å². The van der Waals surface area contributed by atoms with Gasteiger partial charge in [0.1, 0.15) is 6.42 Å². The fourth-order valence-electron chi connectivity index (χ4n) is 1.78. The number of nitrogens with zero attached hydrogens (tertiary/aromatic N) is 4. The van der Waals surface area contributed by atoms with E-state index in [-0.39, 0.29) is 35.6 Å². The van der Waals surface area contributed by atoms with Crippen molar-refractivity contribution in [3.8, 4) is 0 Å². The smallest absolute Gasteiger partial charge is 0.436 e. The molecule has 0 unspecified atom stereocenters. The average molecular weight is 397 g/mol. The zero-order valence-electron chi connectivity index (χ0n) is 12.1. The lowest BCUT2D eigenvalue weighted by atomic mass is 10.3. The molecule has 2 aromatic rings. The highest BCUT2D eigenvalue weighted by molar-refractivity contribution is 9.10. The molecule has 0 bridgehead atoms. The molecule has 23 heavy (non-hydrogen) atoms. The Balaban J connectivity index is 2.06. The lowest BCUT2D eigenvalue weighted by molar-refractivity contribution is -0.142. The molecule has 0 N–H and O–H groups in total. The highest BCUT2D eigenvalue weighted by Crippen LogP contribution is 2.35. The second-order valence-electron chi connectivity index (χ2n) is 4.56. The number of aryl methyl sites for hydroxylation is 2. The first-order valence-corrected chi connectivity index (χ1v) is 7.19. The van der Waals surface area contributed by atoms with Gasteiger partial charge in [-0.25, -0.2) is 0 Å². The summed E-state index contributed by atoms with van der Waals surface area (Å²) in [5.41, 5.74) is -0.640. The van der Waals surface area contributed by atoms with Crippen LogP contribution in [0, 0.1) is 6.92 Å². The van der Waals surface area contributed by atoms with Gasteiger partial charge in [-0.05, 0) is 22.9 Å². The van der Waals surface area contributed by atoms with E-state index in [1.165, 1.54) is 18.7 Å². The molecule has 7 nitrogen and oxygen atoms in total. The summed E-state index contributed by atoms with van der Waals surface area (Å²) < 4.78 is 49.1. The maximum Gasteiger partial charge on any atom is 0.436 e. The highest BCUT2D eigenvalue weighted by Gasteiger charge is 2.37. The molecule has 0 fully saturated rings. The third-order valence-corrected chi connectivity index (χ3v) is 3.92. The molecular weight excluding hydrogens is 385 g/mol. The molecule has 0 radical (unpaired) electrons. The molecule has 0 atom stereocenters. The number of ether oxygens (including phenoxy) is 1. The molecule has 0 spiro atoms. The number of hydrogen-bond acceptors (Lipinski definition) is 6. The van der Waals surface area contributed by atoms with Crippen LogP contribution in [-0.2, 0) is 35.1 Å². The van der Waals surface area contributed by atoms with Crippen molar-refractivity contribution in [3.63, 3.8) is 0 Å². The van der Waals surface area contributed by atoms with Crippen LogP contribution in [0.25, 0.3) is 0 Å². The summed E-state index contributed by atoms with van der Waals surface area (Å²) in [7, 11) is 1.23. The summed E-state index contributed by atoms with van der Waals surface area (Å²) >= 11 is 2.90. The van der Waals surface area contributed by atoms with Crippen molar-refractivity contribution in [2.45, 2.75) is 32.5 Å². The fraction of sp³-hybridized carbons (Fsp3) is 0.500. The molecule has 0 saturated heterocycles. The van der Waals surface area contributed by atoms with E-state index < -0.39 is 17.8 Å². The Bertz CT molecular complexity index is 711. The first kappa shape index (κ1) is 17.4. The van der Waals surface area contributed by atoms with Gasteiger partial charge in [-0.3, -0.25) is 9.48 Å². The summed E-state index contributed by atoms with van der Waals surface area (Å²) in [4.78, 5) is 11.1. The third kappa shape index (κ3) is 4.09. The predicted octanol–water partition coefficient (Wildman–Crippen LogP) is 2.31. The minimum atomic E-state index is -4.53. The maximum absolute atomic E-state index is 12.8. The second-order valence-corrected chi connectivity index (χ2v) is 5.35. The number of methoxy groups -OCH3 is 1. The number of rotatable bonds is 5. The Hall–Kier alpha value is -1.91. The van der Waals surface area contributed by atoms with Crippen molar-refractivity contribution in [1.29, 1.82) is 0 Å². The summed E-state index contributed by atoms with van der Waals surface area (Å²) in [6.45, 7) is 1.64.